The van der Waals surface area contributed by atoms with E-state index < -0.39 is 48.5 Å². The minimum atomic E-state index is -0.994. The predicted molar refractivity (Wildman–Crippen MR) is 337 cm³/mol. The number of amides is 5. The van der Waals surface area contributed by atoms with Crippen molar-refractivity contribution < 1.29 is 33.8 Å². The Morgan fingerprint density at radius 1 is 0.562 bits per heavy atom. The van der Waals surface area contributed by atoms with Crippen LogP contribution < -0.4 is 31.9 Å². The minimum absolute atomic E-state index is 0.0264. The van der Waals surface area contributed by atoms with Gasteiger partial charge in [-0.1, -0.05) is 145 Å². The van der Waals surface area contributed by atoms with E-state index >= 15 is 0 Å². The first-order valence-corrected chi connectivity index (χ1v) is 32.3. The van der Waals surface area contributed by atoms with Gasteiger partial charge in [-0.2, -0.15) is 0 Å². The van der Waals surface area contributed by atoms with Crippen molar-refractivity contribution in [2.45, 2.75) is 210 Å². The summed E-state index contributed by atoms with van der Waals surface area (Å²) in [5.41, 5.74) is 7.68. The number of aliphatic hydroxyl groups excluding tert-OH is 1. The molecule has 89 heavy (non-hydrogen) atoms. The highest BCUT2D eigenvalue weighted by Crippen LogP contribution is 2.36. The number of aryl methyl sites for hydroxylation is 4. The molecule has 0 radical (unpaired) electrons. The Hall–Kier alpha value is -7.69. The van der Waals surface area contributed by atoms with Gasteiger partial charge in [0, 0.05) is 25.2 Å². The van der Waals surface area contributed by atoms with Crippen LogP contribution in [0, 0.1) is 0 Å². The van der Waals surface area contributed by atoms with Gasteiger partial charge in [-0.3, -0.25) is 38.7 Å². The molecule has 4 aromatic carbocycles. The number of benzene rings is 4. The monoisotopic (exact) mass is 1210 g/mol. The Morgan fingerprint density at radius 2 is 1.01 bits per heavy atom. The largest absolute Gasteiger partial charge is 0.376 e. The highest BCUT2D eigenvalue weighted by atomic mass is 16.5. The normalized spacial score (nSPS) is 22.1. The number of ether oxygens (including phenoxy) is 1. The van der Waals surface area contributed by atoms with Crippen LogP contribution in [0.3, 0.4) is 0 Å². The second kappa shape index (κ2) is 31.2. The summed E-state index contributed by atoms with van der Waals surface area (Å²) in [6.45, 7) is 5.47. The van der Waals surface area contributed by atoms with Crippen LogP contribution in [0.25, 0.3) is 0 Å². The van der Waals surface area contributed by atoms with Crippen molar-refractivity contribution >= 4 is 29.5 Å². The number of aliphatic hydroxyl groups is 1. The number of nitrogens with zero attached hydrogens (tertiary/aromatic N) is 8. The van der Waals surface area contributed by atoms with Crippen LogP contribution in [0.1, 0.15) is 161 Å². The Bertz CT molecular complexity index is 3250. The van der Waals surface area contributed by atoms with E-state index in [2.05, 4.69) is 113 Å². The smallest absolute Gasteiger partial charge is 0.246 e. The van der Waals surface area contributed by atoms with Gasteiger partial charge < -0.3 is 46.2 Å². The zero-order chi connectivity index (χ0) is 62.2. The van der Waals surface area contributed by atoms with Crippen molar-refractivity contribution in [3.05, 3.63) is 166 Å². The van der Waals surface area contributed by atoms with Crippen LogP contribution in [0.15, 0.2) is 122 Å². The summed E-state index contributed by atoms with van der Waals surface area (Å²) in [5, 5.41) is 48.1. The third-order valence-electron chi connectivity index (χ3n) is 18.6. The highest BCUT2D eigenvalue weighted by Gasteiger charge is 2.46. The molecule has 2 aromatic heterocycles. The van der Waals surface area contributed by atoms with Crippen LogP contribution in [0.4, 0.5) is 0 Å². The number of hydrogen-bond donors (Lipinski definition) is 7. The Balaban J connectivity index is 0.660. The number of rotatable bonds is 27. The van der Waals surface area contributed by atoms with Gasteiger partial charge >= 0.3 is 0 Å². The van der Waals surface area contributed by atoms with Crippen molar-refractivity contribution in [2.24, 2.45) is 0 Å². The second-order valence-corrected chi connectivity index (χ2v) is 24.7. The number of carbonyl (C=O) groups is 5. The number of likely N-dealkylation sites (N-methyl/N-ethyl adjacent to an activating group) is 2. The SMILES string of the molecule is CN[C@@H](C)C(=O)N[C@H]1CCCC[C@H]2CC[C@@H](C(=O)N[C@@H](c3ccccc3)c3ccc(CCCn4cc(COCc5cn(CCCc6ccc([C@@H](NC(O)[C@@H]7CC[C@@H]8CCCC[C@H](NC(=O)[C@H](C)NC)C(=O)N87)c7ccccc7)cc6)nn5)nn4)cc3)N2C1=O. The third kappa shape index (κ3) is 16.6. The number of aromatic nitrogens is 6. The summed E-state index contributed by atoms with van der Waals surface area (Å²) in [6, 6.07) is 32.9. The van der Waals surface area contributed by atoms with E-state index in [1.165, 1.54) is 5.56 Å². The maximum atomic E-state index is 14.3. The highest BCUT2D eigenvalue weighted by molar-refractivity contribution is 5.94. The lowest BCUT2D eigenvalue weighted by atomic mass is 9.96. The summed E-state index contributed by atoms with van der Waals surface area (Å²) < 4.78 is 9.67. The fourth-order valence-corrected chi connectivity index (χ4v) is 13.3. The molecule has 4 fully saturated rings. The molecule has 0 spiro atoms. The molecule has 1 unspecified atom stereocenters. The molecule has 6 heterocycles. The van der Waals surface area contributed by atoms with Crippen molar-refractivity contribution in [2.75, 3.05) is 14.1 Å². The average molecular weight is 1220 g/mol. The van der Waals surface area contributed by atoms with Gasteiger partial charge in [0.05, 0.1) is 55.8 Å². The molecule has 4 saturated heterocycles. The molecular weight excluding hydrogens is 1120 g/mol. The zero-order valence-electron chi connectivity index (χ0n) is 52.0. The lowest BCUT2D eigenvalue weighted by molar-refractivity contribution is -0.144. The van der Waals surface area contributed by atoms with E-state index in [1.807, 2.05) is 75.2 Å². The predicted octanol–water partition coefficient (Wildman–Crippen LogP) is 6.11. The number of hydrogen-bond acceptors (Lipinski definition) is 14. The molecule has 10 rings (SSSR count). The first-order valence-electron chi connectivity index (χ1n) is 32.3. The molecule has 5 amide bonds. The standard InChI is InChI=1S/C68H90N14O7/c1-45(69-3)63(83)71-57-25-13-11-23-55-35-37-59(81(55)67(57)87)65(85)73-61(49-19-7-5-8-20-49)51-31-27-47(28-32-51)17-15-39-79-41-53(75-77-79)43-89-44-54-42-80(78-76-54)40-16-18-48-29-33-52(34-30-48)62(50-21-9-6-10-22-50)74-66(86)60-38-36-56-24-12-14-26-58(68(88)82(56)60)72-64(84)46(2)70-4/h5-10,19-22,27-34,41-42,45-46,55-62,65,69-70,73,85H,11-18,23-26,35-40,43-44H2,1-4H3,(H,71,83)(H,72,84)(H,74,86)/t45-,46-,55-,56-,57-,58-,59-,60-,61-,62-,65?/m0/s1. The molecule has 21 heteroatoms. The summed E-state index contributed by atoms with van der Waals surface area (Å²) in [7, 11) is 3.44. The van der Waals surface area contributed by atoms with E-state index in [0.717, 1.165) is 116 Å². The van der Waals surface area contributed by atoms with E-state index in [0.29, 0.717) is 38.8 Å². The van der Waals surface area contributed by atoms with Crippen molar-refractivity contribution in [1.29, 1.82) is 0 Å². The average Bonchev–Trinajstić information content (AvgIpc) is 4.45. The van der Waals surface area contributed by atoms with Gasteiger partial charge in [-0.05, 0) is 138 Å². The summed E-state index contributed by atoms with van der Waals surface area (Å²) in [6.07, 6.45) is 15.5. The Morgan fingerprint density at radius 3 is 1.53 bits per heavy atom. The molecule has 474 valence electrons. The maximum absolute atomic E-state index is 14.3. The zero-order valence-corrected chi connectivity index (χ0v) is 52.0. The molecular formula is C68H90N14O7. The van der Waals surface area contributed by atoms with Gasteiger partial charge in [0.15, 0.2) is 0 Å². The van der Waals surface area contributed by atoms with Crippen molar-refractivity contribution in [1.82, 2.24) is 71.7 Å². The van der Waals surface area contributed by atoms with E-state index in [-0.39, 0.29) is 60.9 Å². The first kappa shape index (κ1) is 64.3. The third-order valence-corrected chi connectivity index (χ3v) is 18.6. The molecule has 0 saturated carbocycles. The molecule has 21 nitrogen and oxygen atoms in total. The Labute approximate surface area is 522 Å². The number of fused-ring (bicyclic) bond motifs is 2. The second-order valence-electron chi connectivity index (χ2n) is 24.7. The van der Waals surface area contributed by atoms with Gasteiger partial charge in [0.1, 0.15) is 35.7 Å². The fraction of sp³-hybridized carbons (Fsp3) is 0.515. The van der Waals surface area contributed by atoms with Crippen LogP contribution >= 0.6 is 0 Å². The summed E-state index contributed by atoms with van der Waals surface area (Å²) >= 11 is 0. The van der Waals surface area contributed by atoms with E-state index in [1.54, 1.807) is 32.8 Å². The molecule has 0 aliphatic carbocycles. The first-order chi connectivity index (χ1) is 43.3. The van der Waals surface area contributed by atoms with Crippen LogP contribution in [-0.4, -0.2) is 143 Å². The minimum Gasteiger partial charge on any atom is -0.376 e. The topological polar surface area (TPSA) is 255 Å². The van der Waals surface area contributed by atoms with Gasteiger partial charge in [-0.25, -0.2) is 0 Å². The van der Waals surface area contributed by atoms with Crippen molar-refractivity contribution in [3.8, 4) is 0 Å². The van der Waals surface area contributed by atoms with E-state index in [4.69, 9.17) is 4.74 Å². The quantitative estimate of drug-likeness (QED) is 0.0288. The lowest BCUT2D eigenvalue weighted by Crippen LogP contribution is -2.59. The van der Waals surface area contributed by atoms with Crippen LogP contribution in [-0.2, 0) is 67.9 Å². The molecule has 7 N–H and O–H groups in total. The van der Waals surface area contributed by atoms with Gasteiger partial charge in [0.2, 0.25) is 29.5 Å². The summed E-state index contributed by atoms with van der Waals surface area (Å²) in [4.78, 5) is 72.0. The molecule has 4 aliphatic rings. The number of carbonyl (C=O) groups excluding carboxylic acids is 5. The van der Waals surface area contributed by atoms with Gasteiger partial charge in [-0.15, -0.1) is 10.2 Å². The summed E-state index contributed by atoms with van der Waals surface area (Å²) in [5.74, 6) is -0.901. The molecule has 11 atom stereocenters. The van der Waals surface area contributed by atoms with Crippen molar-refractivity contribution in [3.63, 3.8) is 0 Å². The van der Waals surface area contributed by atoms with Crippen LogP contribution in [0.2, 0.25) is 0 Å². The fourth-order valence-electron chi connectivity index (χ4n) is 13.3. The van der Waals surface area contributed by atoms with Gasteiger partial charge in [0.25, 0.3) is 0 Å². The maximum Gasteiger partial charge on any atom is 0.246 e. The van der Waals surface area contributed by atoms with Crippen LogP contribution in [0.5, 0.6) is 0 Å². The Kier molecular flexibility index (Phi) is 22.5. The molecule has 4 aliphatic heterocycles. The lowest BCUT2D eigenvalue weighted by Gasteiger charge is -2.38. The van der Waals surface area contributed by atoms with E-state index in [9.17, 15) is 29.1 Å². The molecule has 6 aromatic rings. The molecule has 0 bridgehead atoms. The number of nitrogens with one attached hydrogen (secondary N) is 6.